The normalized spacial score (nSPS) is 11.9. The van der Waals surface area contributed by atoms with Gasteiger partial charge in [-0.25, -0.2) is 4.98 Å². The maximum absolute atomic E-state index is 12.9. The van der Waals surface area contributed by atoms with Gasteiger partial charge in [-0.3, -0.25) is 4.79 Å². The minimum absolute atomic E-state index is 0.0599. The molecular formula is C28H27ClN4O3. The number of aliphatic hydroxyl groups excluding tert-OH is 1. The first-order valence-electron chi connectivity index (χ1n) is 11.7. The number of hydrogen-bond donors (Lipinski definition) is 2. The molecule has 0 aliphatic rings. The summed E-state index contributed by atoms with van der Waals surface area (Å²) >= 11 is 6.24. The van der Waals surface area contributed by atoms with Gasteiger partial charge in [0.05, 0.1) is 22.4 Å². The summed E-state index contributed by atoms with van der Waals surface area (Å²) in [5.41, 5.74) is 4.15. The van der Waals surface area contributed by atoms with Gasteiger partial charge in [0.25, 0.3) is 5.91 Å². The Morgan fingerprint density at radius 2 is 2.00 bits per heavy atom. The number of hydrogen-bond acceptors (Lipinski definition) is 5. The lowest BCUT2D eigenvalue weighted by molar-refractivity contribution is 0.0930. The third kappa shape index (κ3) is 5.85. The summed E-state index contributed by atoms with van der Waals surface area (Å²) in [6, 6.07) is 18.2. The van der Waals surface area contributed by atoms with Crippen molar-refractivity contribution in [1.29, 1.82) is 5.26 Å². The highest BCUT2D eigenvalue weighted by Crippen LogP contribution is 2.24. The number of amides is 1. The third-order valence-electron chi connectivity index (χ3n) is 5.70. The van der Waals surface area contributed by atoms with Crippen LogP contribution in [0.5, 0.6) is 5.75 Å². The number of aromatic nitrogens is 2. The zero-order chi connectivity index (χ0) is 25.7. The summed E-state index contributed by atoms with van der Waals surface area (Å²) in [5.74, 6) is 0.142. The molecule has 0 saturated heterocycles. The number of halogens is 1. The summed E-state index contributed by atoms with van der Waals surface area (Å²) in [6.45, 7) is 3.69. The van der Waals surface area contributed by atoms with E-state index in [2.05, 4.69) is 16.4 Å². The van der Waals surface area contributed by atoms with Crippen LogP contribution >= 0.6 is 11.6 Å². The minimum Gasteiger partial charge on any atom is -0.490 e. The number of nitrogens with zero attached hydrogens (tertiary/aromatic N) is 3. The molecule has 2 aromatic carbocycles. The van der Waals surface area contributed by atoms with Crippen LogP contribution in [0.3, 0.4) is 0 Å². The van der Waals surface area contributed by atoms with E-state index < -0.39 is 0 Å². The molecule has 0 aliphatic carbocycles. The molecule has 0 radical (unpaired) electrons. The van der Waals surface area contributed by atoms with Crippen LogP contribution < -0.4 is 10.1 Å². The van der Waals surface area contributed by atoms with Crippen LogP contribution in [0.15, 0.2) is 67.0 Å². The number of benzene rings is 2. The molecule has 184 valence electrons. The number of pyridine rings is 1. The maximum Gasteiger partial charge on any atom is 0.251 e. The standard InChI is InChI=1S/C28H27ClN4O3/c1-18(2)36-26-10-9-21(15-22(26)16-30)28(35)31-23(11-13-34)14-19-5-7-20(8-6-19)25-17-33-12-3-4-24(29)27(33)32-25/h3-10,12,15,17-18,23,34H,11,13-14H2,1-2H3,(H,31,35). The van der Waals surface area contributed by atoms with Crippen molar-refractivity contribution in [2.45, 2.75) is 38.8 Å². The number of rotatable bonds is 9. The first-order valence-corrected chi connectivity index (χ1v) is 12.1. The van der Waals surface area contributed by atoms with Crippen molar-refractivity contribution in [3.63, 3.8) is 0 Å². The van der Waals surface area contributed by atoms with Crippen molar-refractivity contribution in [3.05, 3.63) is 88.7 Å². The monoisotopic (exact) mass is 502 g/mol. The summed E-state index contributed by atoms with van der Waals surface area (Å²) in [4.78, 5) is 17.5. The van der Waals surface area contributed by atoms with E-state index in [1.165, 1.54) is 6.07 Å². The molecule has 0 bridgehead atoms. The van der Waals surface area contributed by atoms with Gasteiger partial charge in [0, 0.05) is 36.2 Å². The van der Waals surface area contributed by atoms with Gasteiger partial charge >= 0.3 is 0 Å². The maximum atomic E-state index is 12.9. The topological polar surface area (TPSA) is 99.7 Å². The van der Waals surface area contributed by atoms with Gasteiger partial charge in [0.1, 0.15) is 11.8 Å². The van der Waals surface area contributed by atoms with Crippen molar-refractivity contribution < 1.29 is 14.6 Å². The van der Waals surface area contributed by atoms with Crippen LogP contribution in [0.25, 0.3) is 16.9 Å². The molecule has 4 aromatic rings. The number of nitriles is 1. The van der Waals surface area contributed by atoms with Gasteiger partial charge in [0.15, 0.2) is 5.65 Å². The molecule has 0 saturated carbocycles. The number of ether oxygens (including phenoxy) is 1. The number of imidazole rings is 1. The second-order valence-corrected chi connectivity index (χ2v) is 9.19. The molecule has 2 aromatic heterocycles. The molecule has 2 heterocycles. The molecule has 8 heteroatoms. The van der Waals surface area contributed by atoms with E-state index in [4.69, 9.17) is 16.3 Å². The first-order chi connectivity index (χ1) is 17.4. The summed E-state index contributed by atoms with van der Waals surface area (Å²) in [6.07, 6.45) is 4.69. The summed E-state index contributed by atoms with van der Waals surface area (Å²) in [5, 5.41) is 22.6. The number of nitrogens with one attached hydrogen (secondary N) is 1. The fraction of sp³-hybridized carbons (Fsp3) is 0.250. The Bertz CT molecular complexity index is 1410. The fourth-order valence-electron chi connectivity index (χ4n) is 3.98. The molecule has 36 heavy (non-hydrogen) atoms. The second kappa shape index (κ2) is 11.3. The molecule has 4 rings (SSSR count). The van der Waals surface area contributed by atoms with Crippen LogP contribution in [-0.2, 0) is 6.42 Å². The van der Waals surface area contributed by atoms with Crippen LogP contribution in [-0.4, -0.2) is 39.2 Å². The smallest absolute Gasteiger partial charge is 0.251 e. The third-order valence-corrected chi connectivity index (χ3v) is 6.00. The lowest BCUT2D eigenvalue weighted by atomic mass is 10.0. The Labute approximate surface area is 214 Å². The highest BCUT2D eigenvalue weighted by Gasteiger charge is 2.17. The Morgan fingerprint density at radius 3 is 2.67 bits per heavy atom. The first kappa shape index (κ1) is 25.2. The number of carbonyl (C=O) groups excluding carboxylic acids is 1. The molecule has 1 amide bonds. The van der Waals surface area contributed by atoms with E-state index in [9.17, 15) is 15.2 Å². The lowest BCUT2D eigenvalue weighted by Gasteiger charge is -2.19. The van der Waals surface area contributed by atoms with Crippen LogP contribution in [0.1, 0.15) is 41.8 Å². The molecule has 7 nitrogen and oxygen atoms in total. The Kier molecular flexibility index (Phi) is 7.89. The number of aliphatic hydroxyl groups is 1. The quantitative estimate of drug-likeness (QED) is 0.334. The van der Waals surface area contributed by atoms with E-state index in [1.54, 1.807) is 18.2 Å². The van der Waals surface area contributed by atoms with Crippen LogP contribution in [0.2, 0.25) is 5.02 Å². The Balaban J connectivity index is 1.46. The molecule has 0 fully saturated rings. The Morgan fingerprint density at radius 1 is 1.22 bits per heavy atom. The van der Waals surface area contributed by atoms with Crippen molar-refractivity contribution in [2.24, 2.45) is 0 Å². The summed E-state index contributed by atoms with van der Waals surface area (Å²) < 4.78 is 7.52. The van der Waals surface area contributed by atoms with E-state index >= 15 is 0 Å². The van der Waals surface area contributed by atoms with Gasteiger partial charge in [-0.05, 0) is 62.6 Å². The van der Waals surface area contributed by atoms with E-state index in [0.29, 0.717) is 40.4 Å². The van der Waals surface area contributed by atoms with Crippen LogP contribution in [0, 0.1) is 11.3 Å². The number of fused-ring (bicyclic) bond motifs is 1. The van der Waals surface area contributed by atoms with Gasteiger partial charge in [-0.2, -0.15) is 5.26 Å². The average Bonchev–Trinajstić information content (AvgIpc) is 3.30. The van der Waals surface area contributed by atoms with E-state index in [0.717, 1.165) is 16.8 Å². The number of carbonyl (C=O) groups is 1. The predicted octanol–water partition coefficient (Wildman–Crippen LogP) is 5.04. The van der Waals surface area contributed by atoms with Crippen molar-refractivity contribution >= 4 is 23.2 Å². The van der Waals surface area contributed by atoms with Gasteiger partial charge in [0.2, 0.25) is 0 Å². The molecule has 1 unspecified atom stereocenters. The largest absolute Gasteiger partial charge is 0.490 e. The van der Waals surface area contributed by atoms with Crippen molar-refractivity contribution in [3.8, 4) is 23.1 Å². The zero-order valence-electron chi connectivity index (χ0n) is 20.1. The van der Waals surface area contributed by atoms with Crippen molar-refractivity contribution in [1.82, 2.24) is 14.7 Å². The zero-order valence-corrected chi connectivity index (χ0v) is 20.9. The minimum atomic E-state index is -0.306. The van der Waals surface area contributed by atoms with Crippen molar-refractivity contribution in [2.75, 3.05) is 6.61 Å². The van der Waals surface area contributed by atoms with Gasteiger partial charge in [-0.15, -0.1) is 0 Å². The van der Waals surface area contributed by atoms with Gasteiger partial charge < -0.3 is 19.6 Å². The molecule has 2 N–H and O–H groups in total. The van der Waals surface area contributed by atoms with Crippen LogP contribution in [0.4, 0.5) is 0 Å². The second-order valence-electron chi connectivity index (χ2n) is 8.79. The SMILES string of the molecule is CC(C)Oc1ccc(C(=O)NC(CCO)Cc2ccc(-c3cn4cccc(Cl)c4n3)cc2)cc1C#N. The predicted molar refractivity (Wildman–Crippen MR) is 139 cm³/mol. The molecular weight excluding hydrogens is 476 g/mol. The highest BCUT2D eigenvalue weighted by molar-refractivity contribution is 6.33. The van der Waals surface area contributed by atoms with E-state index in [1.807, 2.05) is 61.0 Å². The van der Waals surface area contributed by atoms with Gasteiger partial charge in [-0.1, -0.05) is 35.9 Å². The fourth-order valence-corrected chi connectivity index (χ4v) is 4.19. The molecule has 0 aliphatic heterocycles. The molecule has 1 atom stereocenters. The average molecular weight is 503 g/mol. The lowest BCUT2D eigenvalue weighted by Crippen LogP contribution is -2.37. The summed E-state index contributed by atoms with van der Waals surface area (Å²) in [7, 11) is 0. The Hall–Kier alpha value is -3.86. The molecule has 0 spiro atoms. The van der Waals surface area contributed by atoms with E-state index in [-0.39, 0.29) is 24.7 Å². The highest BCUT2D eigenvalue weighted by atomic mass is 35.5.